The minimum Gasteiger partial charge on any atom is -0.349 e. The summed E-state index contributed by atoms with van der Waals surface area (Å²) in [5.41, 5.74) is 4.24. The molecule has 2 heteroatoms. The third-order valence-electron chi connectivity index (χ3n) is 3.50. The smallest absolute Gasteiger partial charge is 0.0223 e. The second kappa shape index (κ2) is 6.09. The zero-order chi connectivity index (χ0) is 12.1. The van der Waals surface area contributed by atoms with E-state index in [4.69, 9.17) is 0 Å². The minimum atomic E-state index is 0.773. The van der Waals surface area contributed by atoms with Crippen molar-refractivity contribution >= 4 is 0 Å². The second-order valence-electron chi connectivity index (χ2n) is 4.78. The molecule has 0 aliphatic rings. The molecule has 0 aliphatic carbocycles. The molecular formula is C14H26N2. The van der Waals surface area contributed by atoms with Crippen LogP contribution in [0.3, 0.4) is 0 Å². The molecule has 1 aromatic heterocycles. The zero-order valence-corrected chi connectivity index (χ0v) is 11.4. The van der Waals surface area contributed by atoms with Gasteiger partial charge in [0.2, 0.25) is 0 Å². The molecule has 0 saturated heterocycles. The van der Waals surface area contributed by atoms with E-state index < -0.39 is 0 Å². The number of aromatic nitrogens is 1. The average molecular weight is 222 g/mol. The number of hydrogen-bond donors (Lipinski definition) is 1. The van der Waals surface area contributed by atoms with Gasteiger partial charge in [-0.15, -0.1) is 0 Å². The van der Waals surface area contributed by atoms with Crippen LogP contribution in [0.4, 0.5) is 0 Å². The third-order valence-corrected chi connectivity index (χ3v) is 3.50. The molecule has 1 heterocycles. The third kappa shape index (κ3) is 3.11. The maximum absolute atomic E-state index is 3.54. The lowest BCUT2D eigenvalue weighted by Crippen LogP contribution is -2.20. The number of aryl methyl sites for hydroxylation is 1. The van der Waals surface area contributed by atoms with Crippen LogP contribution >= 0.6 is 0 Å². The van der Waals surface area contributed by atoms with Gasteiger partial charge < -0.3 is 9.88 Å². The first-order chi connectivity index (χ1) is 7.60. The molecule has 0 aliphatic heterocycles. The Morgan fingerprint density at radius 2 is 2.00 bits per heavy atom. The van der Waals surface area contributed by atoms with Gasteiger partial charge in [-0.2, -0.15) is 0 Å². The standard InChI is InChI=1S/C14H26N2/c1-6-11(3)9-15-10-14-8-12(4)16(7-2)13(14)5/h8,11,15H,6-7,9-10H2,1-5H3. The van der Waals surface area contributed by atoms with Crippen LogP contribution in [0.5, 0.6) is 0 Å². The summed E-state index contributed by atoms with van der Waals surface area (Å²) in [6.07, 6.45) is 1.25. The maximum Gasteiger partial charge on any atom is 0.0223 e. The highest BCUT2D eigenvalue weighted by Crippen LogP contribution is 2.14. The van der Waals surface area contributed by atoms with Crippen LogP contribution in [0.2, 0.25) is 0 Å². The highest BCUT2D eigenvalue weighted by molar-refractivity contribution is 5.26. The summed E-state index contributed by atoms with van der Waals surface area (Å²) in [7, 11) is 0. The van der Waals surface area contributed by atoms with E-state index in [1.165, 1.54) is 23.4 Å². The van der Waals surface area contributed by atoms with Crippen molar-refractivity contribution in [2.24, 2.45) is 5.92 Å². The molecule has 92 valence electrons. The van der Waals surface area contributed by atoms with Crippen molar-refractivity contribution in [3.63, 3.8) is 0 Å². The molecular weight excluding hydrogens is 196 g/mol. The van der Waals surface area contributed by atoms with Crippen LogP contribution in [-0.4, -0.2) is 11.1 Å². The van der Waals surface area contributed by atoms with Gasteiger partial charge in [0.25, 0.3) is 0 Å². The molecule has 0 radical (unpaired) electrons. The maximum atomic E-state index is 3.54. The number of nitrogens with one attached hydrogen (secondary N) is 1. The van der Waals surface area contributed by atoms with Gasteiger partial charge in [0, 0.05) is 24.5 Å². The molecule has 1 aromatic rings. The minimum absolute atomic E-state index is 0.773. The SMILES string of the molecule is CCC(C)CNCc1cc(C)n(CC)c1C. The van der Waals surface area contributed by atoms with Gasteiger partial charge in [-0.25, -0.2) is 0 Å². The Bertz CT molecular complexity index is 326. The van der Waals surface area contributed by atoms with E-state index in [0.29, 0.717) is 0 Å². The van der Waals surface area contributed by atoms with E-state index >= 15 is 0 Å². The van der Waals surface area contributed by atoms with Crippen molar-refractivity contribution in [3.05, 3.63) is 23.0 Å². The first-order valence-electron chi connectivity index (χ1n) is 6.46. The van der Waals surface area contributed by atoms with Gasteiger partial charge in [-0.3, -0.25) is 0 Å². The summed E-state index contributed by atoms with van der Waals surface area (Å²) in [4.78, 5) is 0. The van der Waals surface area contributed by atoms with Crippen LogP contribution in [0.15, 0.2) is 6.07 Å². The Kier molecular flexibility index (Phi) is 5.07. The number of hydrogen-bond acceptors (Lipinski definition) is 1. The van der Waals surface area contributed by atoms with E-state index in [2.05, 4.69) is 50.6 Å². The molecule has 1 atom stereocenters. The molecule has 2 nitrogen and oxygen atoms in total. The van der Waals surface area contributed by atoms with Gasteiger partial charge >= 0.3 is 0 Å². The fourth-order valence-electron chi connectivity index (χ4n) is 2.14. The first kappa shape index (κ1) is 13.3. The largest absolute Gasteiger partial charge is 0.349 e. The topological polar surface area (TPSA) is 17.0 Å². The van der Waals surface area contributed by atoms with Crippen molar-refractivity contribution in [3.8, 4) is 0 Å². The predicted octanol–water partition coefficient (Wildman–Crippen LogP) is 3.26. The lowest BCUT2D eigenvalue weighted by Gasteiger charge is -2.10. The fourth-order valence-corrected chi connectivity index (χ4v) is 2.14. The van der Waals surface area contributed by atoms with Crippen LogP contribution in [0, 0.1) is 19.8 Å². The molecule has 0 amide bonds. The fraction of sp³-hybridized carbons (Fsp3) is 0.714. The summed E-state index contributed by atoms with van der Waals surface area (Å²) < 4.78 is 2.38. The average Bonchev–Trinajstić information content (AvgIpc) is 2.53. The molecule has 1 unspecified atom stereocenters. The van der Waals surface area contributed by atoms with Gasteiger partial charge in [-0.1, -0.05) is 20.3 Å². The predicted molar refractivity (Wildman–Crippen MR) is 70.7 cm³/mol. The van der Waals surface area contributed by atoms with Crippen molar-refractivity contribution in [2.45, 2.75) is 54.1 Å². The summed E-state index contributed by atoms with van der Waals surface area (Å²) in [6, 6.07) is 2.31. The normalized spacial score (nSPS) is 13.1. The lowest BCUT2D eigenvalue weighted by molar-refractivity contribution is 0.499. The molecule has 16 heavy (non-hydrogen) atoms. The van der Waals surface area contributed by atoms with Gasteiger partial charge in [0.15, 0.2) is 0 Å². The molecule has 1 N–H and O–H groups in total. The van der Waals surface area contributed by atoms with Crippen LogP contribution in [0.25, 0.3) is 0 Å². The number of nitrogens with zero attached hydrogens (tertiary/aromatic N) is 1. The van der Waals surface area contributed by atoms with Crippen LogP contribution < -0.4 is 5.32 Å². The van der Waals surface area contributed by atoms with E-state index in [-0.39, 0.29) is 0 Å². The molecule has 0 bridgehead atoms. The molecule has 0 saturated carbocycles. The summed E-state index contributed by atoms with van der Waals surface area (Å²) in [5.74, 6) is 0.773. The Labute approximate surface area is 100 Å². The molecule has 0 aromatic carbocycles. The molecule has 0 spiro atoms. The molecule has 0 fully saturated rings. The van der Waals surface area contributed by atoms with Gasteiger partial charge in [0.05, 0.1) is 0 Å². The highest BCUT2D eigenvalue weighted by atomic mass is 15.0. The zero-order valence-electron chi connectivity index (χ0n) is 11.4. The van der Waals surface area contributed by atoms with Gasteiger partial charge in [-0.05, 0) is 44.9 Å². The first-order valence-corrected chi connectivity index (χ1v) is 6.46. The van der Waals surface area contributed by atoms with Crippen molar-refractivity contribution in [1.29, 1.82) is 0 Å². The number of rotatable bonds is 6. The van der Waals surface area contributed by atoms with Crippen molar-refractivity contribution < 1.29 is 0 Å². The van der Waals surface area contributed by atoms with E-state index in [0.717, 1.165) is 25.6 Å². The van der Waals surface area contributed by atoms with Crippen LogP contribution in [-0.2, 0) is 13.1 Å². The van der Waals surface area contributed by atoms with E-state index in [1.54, 1.807) is 0 Å². The lowest BCUT2D eigenvalue weighted by atomic mass is 10.1. The monoisotopic (exact) mass is 222 g/mol. The Hall–Kier alpha value is -0.760. The van der Waals surface area contributed by atoms with Crippen molar-refractivity contribution in [1.82, 2.24) is 9.88 Å². The van der Waals surface area contributed by atoms with Gasteiger partial charge in [0.1, 0.15) is 0 Å². The molecule has 1 rings (SSSR count). The van der Waals surface area contributed by atoms with Crippen LogP contribution in [0.1, 0.15) is 44.1 Å². The highest BCUT2D eigenvalue weighted by Gasteiger charge is 2.07. The Morgan fingerprint density at radius 3 is 2.50 bits per heavy atom. The Balaban J connectivity index is 2.54. The Morgan fingerprint density at radius 1 is 1.31 bits per heavy atom. The quantitative estimate of drug-likeness (QED) is 0.781. The van der Waals surface area contributed by atoms with E-state index in [1.807, 2.05) is 0 Å². The second-order valence-corrected chi connectivity index (χ2v) is 4.78. The summed E-state index contributed by atoms with van der Waals surface area (Å²) >= 11 is 0. The van der Waals surface area contributed by atoms with E-state index in [9.17, 15) is 0 Å². The summed E-state index contributed by atoms with van der Waals surface area (Å²) in [5, 5.41) is 3.54. The van der Waals surface area contributed by atoms with Crippen molar-refractivity contribution in [2.75, 3.05) is 6.54 Å². The summed E-state index contributed by atoms with van der Waals surface area (Å²) in [6.45, 7) is 14.3.